The van der Waals surface area contributed by atoms with Gasteiger partial charge >= 0.3 is 0 Å². The van der Waals surface area contributed by atoms with E-state index in [2.05, 4.69) is 27.3 Å². The van der Waals surface area contributed by atoms with E-state index in [1.807, 2.05) is 36.5 Å². The molecule has 2 aromatic carbocycles. The maximum absolute atomic E-state index is 5.97. The minimum atomic E-state index is 0.587. The number of aromatic nitrogens is 2. The van der Waals surface area contributed by atoms with Gasteiger partial charge in [0.25, 0.3) is 0 Å². The third-order valence-corrected chi connectivity index (χ3v) is 6.07. The zero-order chi connectivity index (χ0) is 21.0. The molecule has 6 nitrogen and oxygen atoms in total. The van der Waals surface area contributed by atoms with Crippen molar-refractivity contribution in [2.24, 2.45) is 0 Å². The smallest absolute Gasteiger partial charge is 0.227 e. The van der Waals surface area contributed by atoms with E-state index >= 15 is 0 Å². The molecule has 1 saturated heterocycles. The zero-order valence-electron chi connectivity index (χ0n) is 17.9. The summed E-state index contributed by atoms with van der Waals surface area (Å²) in [6.07, 6.45) is 6.49. The van der Waals surface area contributed by atoms with Crippen LogP contribution in [0.25, 0.3) is 11.3 Å². The lowest BCUT2D eigenvalue weighted by Gasteiger charge is -2.20. The molecule has 0 amide bonds. The summed E-state index contributed by atoms with van der Waals surface area (Å²) in [6, 6.07) is 14.2. The van der Waals surface area contributed by atoms with E-state index in [0.29, 0.717) is 12.6 Å². The van der Waals surface area contributed by atoms with Crippen molar-refractivity contribution >= 4 is 11.6 Å². The van der Waals surface area contributed by atoms with Gasteiger partial charge in [0.1, 0.15) is 18.1 Å². The maximum Gasteiger partial charge on any atom is 0.227 e. The highest BCUT2D eigenvalue weighted by Gasteiger charge is 2.19. The quantitative estimate of drug-likeness (QED) is 0.613. The van der Waals surface area contributed by atoms with Gasteiger partial charge in [0, 0.05) is 30.1 Å². The predicted molar refractivity (Wildman–Crippen MR) is 122 cm³/mol. The van der Waals surface area contributed by atoms with E-state index < -0.39 is 0 Å². The molecule has 0 atom stereocenters. The molecule has 0 radical (unpaired) electrons. The second-order valence-corrected chi connectivity index (χ2v) is 8.14. The third-order valence-electron chi connectivity index (χ3n) is 6.07. The predicted octanol–water partition coefficient (Wildman–Crippen LogP) is 4.47. The first kappa shape index (κ1) is 19.8. The molecule has 0 spiro atoms. The van der Waals surface area contributed by atoms with Crippen LogP contribution in [0, 0.1) is 0 Å². The number of benzene rings is 2. The van der Waals surface area contributed by atoms with Crippen molar-refractivity contribution in [3.63, 3.8) is 0 Å². The van der Waals surface area contributed by atoms with Crippen molar-refractivity contribution in [2.45, 2.75) is 25.7 Å². The third kappa shape index (κ3) is 4.49. The lowest BCUT2D eigenvalue weighted by Crippen LogP contribution is -2.25. The fourth-order valence-corrected chi connectivity index (χ4v) is 4.37. The molecule has 2 heterocycles. The molecule has 2 aliphatic rings. The molecule has 31 heavy (non-hydrogen) atoms. The summed E-state index contributed by atoms with van der Waals surface area (Å²) in [5.74, 6) is 2.29. The van der Waals surface area contributed by atoms with Gasteiger partial charge in [-0.15, -0.1) is 0 Å². The van der Waals surface area contributed by atoms with Gasteiger partial charge in [-0.1, -0.05) is 12.1 Å². The number of fused-ring (bicyclic) bond motifs is 3. The SMILES string of the molecule is COc1ccc2c(c1)-c1nc(Nc3cccc(OCCN4CCCC4)c3)ncc1CC2. The largest absolute Gasteiger partial charge is 0.497 e. The van der Waals surface area contributed by atoms with Crippen LogP contribution >= 0.6 is 0 Å². The number of likely N-dealkylation sites (tertiary alicyclic amines) is 1. The van der Waals surface area contributed by atoms with E-state index in [4.69, 9.17) is 14.5 Å². The number of nitrogens with one attached hydrogen (secondary N) is 1. The molecule has 1 N–H and O–H groups in total. The first-order valence-corrected chi connectivity index (χ1v) is 11.0. The summed E-state index contributed by atoms with van der Waals surface area (Å²) in [7, 11) is 1.69. The summed E-state index contributed by atoms with van der Waals surface area (Å²) >= 11 is 0. The summed E-state index contributed by atoms with van der Waals surface area (Å²) in [5.41, 5.74) is 5.50. The number of nitrogens with zero attached hydrogens (tertiary/aromatic N) is 3. The van der Waals surface area contributed by atoms with Gasteiger partial charge in [0.05, 0.1) is 12.8 Å². The summed E-state index contributed by atoms with van der Waals surface area (Å²) in [5, 5.41) is 3.34. The van der Waals surface area contributed by atoms with Gasteiger partial charge in [0.15, 0.2) is 0 Å². The lowest BCUT2D eigenvalue weighted by molar-refractivity contribution is 0.238. The molecule has 0 saturated carbocycles. The van der Waals surface area contributed by atoms with Crippen molar-refractivity contribution in [3.05, 3.63) is 59.8 Å². The van der Waals surface area contributed by atoms with Gasteiger partial charge < -0.3 is 14.8 Å². The molecule has 0 bridgehead atoms. The topological polar surface area (TPSA) is 59.5 Å². The van der Waals surface area contributed by atoms with Crippen LogP contribution in [-0.4, -0.2) is 48.2 Å². The van der Waals surface area contributed by atoms with E-state index in [-0.39, 0.29) is 0 Å². The van der Waals surface area contributed by atoms with Gasteiger partial charge in [-0.2, -0.15) is 0 Å². The average molecular weight is 417 g/mol. The first-order valence-electron chi connectivity index (χ1n) is 11.0. The molecule has 6 heteroatoms. The lowest BCUT2D eigenvalue weighted by atomic mass is 9.90. The minimum absolute atomic E-state index is 0.587. The number of methoxy groups -OCH3 is 1. The van der Waals surface area contributed by atoms with E-state index in [1.165, 1.54) is 37.1 Å². The molecule has 3 aromatic rings. The van der Waals surface area contributed by atoms with Gasteiger partial charge in [0.2, 0.25) is 5.95 Å². The van der Waals surface area contributed by atoms with Crippen molar-refractivity contribution in [3.8, 4) is 22.8 Å². The molecule has 1 fully saturated rings. The van der Waals surface area contributed by atoms with Gasteiger partial charge in [-0.25, -0.2) is 9.97 Å². The zero-order valence-corrected chi connectivity index (χ0v) is 17.9. The monoisotopic (exact) mass is 416 g/mol. The van der Waals surface area contributed by atoms with Crippen molar-refractivity contribution in [2.75, 3.05) is 38.7 Å². The summed E-state index contributed by atoms with van der Waals surface area (Å²) in [4.78, 5) is 11.8. The van der Waals surface area contributed by atoms with Crippen LogP contribution in [0.2, 0.25) is 0 Å². The number of anilines is 2. The number of rotatable bonds is 7. The second kappa shape index (κ2) is 8.94. The Kier molecular flexibility index (Phi) is 5.71. The van der Waals surface area contributed by atoms with Crippen molar-refractivity contribution in [1.29, 1.82) is 0 Å². The molecule has 1 aliphatic carbocycles. The Bertz CT molecular complexity index is 1060. The van der Waals surface area contributed by atoms with Crippen LogP contribution in [0.5, 0.6) is 11.5 Å². The van der Waals surface area contributed by atoms with Crippen molar-refractivity contribution in [1.82, 2.24) is 14.9 Å². The molecule has 1 aromatic heterocycles. The Morgan fingerprint density at radius 2 is 1.87 bits per heavy atom. The minimum Gasteiger partial charge on any atom is -0.497 e. The van der Waals surface area contributed by atoms with Crippen LogP contribution < -0.4 is 14.8 Å². The first-order chi connectivity index (χ1) is 15.3. The molecule has 1 aliphatic heterocycles. The average Bonchev–Trinajstić information content (AvgIpc) is 3.32. The summed E-state index contributed by atoms with van der Waals surface area (Å²) in [6.45, 7) is 4.07. The standard InChI is InChI=1S/C25H28N4O2/c1-30-21-10-9-18-7-8-19-17-26-25(28-24(19)23(18)16-21)27-20-5-4-6-22(15-20)31-14-13-29-11-2-3-12-29/h4-6,9-10,15-17H,2-3,7-8,11-14H2,1H3,(H,26,27,28). The summed E-state index contributed by atoms with van der Waals surface area (Å²) < 4.78 is 11.4. The van der Waals surface area contributed by atoms with E-state index in [9.17, 15) is 0 Å². The Morgan fingerprint density at radius 3 is 2.74 bits per heavy atom. The highest BCUT2D eigenvalue weighted by atomic mass is 16.5. The fourth-order valence-electron chi connectivity index (χ4n) is 4.37. The molecular formula is C25H28N4O2. The fraction of sp³-hybridized carbons (Fsp3) is 0.360. The van der Waals surface area contributed by atoms with E-state index in [1.54, 1.807) is 7.11 Å². The maximum atomic E-state index is 5.97. The van der Waals surface area contributed by atoms with Crippen LogP contribution in [-0.2, 0) is 12.8 Å². The van der Waals surface area contributed by atoms with Gasteiger partial charge in [-0.05, 0) is 74.2 Å². The van der Waals surface area contributed by atoms with Gasteiger partial charge in [-0.3, -0.25) is 4.90 Å². The Morgan fingerprint density at radius 1 is 1.00 bits per heavy atom. The Balaban J connectivity index is 1.30. The Hall–Kier alpha value is -3.12. The van der Waals surface area contributed by atoms with Crippen LogP contribution in [0.4, 0.5) is 11.6 Å². The van der Waals surface area contributed by atoms with Crippen molar-refractivity contribution < 1.29 is 9.47 Å². The molecular weight excluding hydrogens is 388 g/mol. The van der Waals surface area contributed by atoms with E-state index in [0.717, 1.165) is 47.8 Å². The van der Waals surface area contributed by atoms with Crippen LogP contribution in [0.15, 0.2) is 48.7 Å². The highest BCUT2D eigenvalue weighted by molar-refractivity contribution is 5.72. The second-order valence-electron chi connectivity index (χ2n) is 8.14. The van der Waals surface area contributed by atoms with Crippen LogP contribution in [0.3, 0.4) is 0 Å². The normalized spacial score (nSPS) is 15.3. The molecule has 160 valence electrons. The molecule has 0 unspecified atom stereocenters. The molecule has 5 rings (SSSR count). The number of aryl methyl sites for hydroxylation is 2. The highest BCUT2D eigenvalue weighted by Crippen LogP contribution is 2.35. The number of hydrogen-bond donors (Lipinski definition) is 1. The Labute approximate surface area is 183 Å². The number of ether oxygens (including phenoxy) is 2. The number of hydrogen-bond acceptors (Lipinski definition) is 6. The van der Waals surface area contributed by atoms with Crippen LogP contribution in [0.1, 0.15) is 24.0 Å².